The molecular formula is C29H39NO24P6S. The number of ether oxygens (including phenoxy) is 2. The lowest BCUT2D eigenvalue weighted by atomic mass is 9.96. The maximum absolute atomic E-state index is 11.8. The molecule has 0 spiro atoms. The maximum Gasteiger partial charge on any atom is 0.490 e. The monoisotopic (exact) mass is 1000 g/mol. The van der Waals surface area contributed by atoms with E-state index in [1.165, 1.54) is 11.3 Å². The van der Waals surface area contributed by atoms with Crippen LogP contribution in [0.4, 0.5) is 0 Å². The lowest BCUT2D eigenvalue weighted by molar-refractivity contribution is -0.0496. The molecule has 3 aliphatic rings. The largest absolute Gasteiger partial charge is 0.490 e. The number of phosphoric acid groups is 6. The van der Waals surface area contributed by atoms with Gasteiger partial charge in [0.2, 0.25) is 0 Å². The number of benzene rings is 2. The van der Waals surface area contributed by atoms with Crippen LogP contribution in [-0.2, 0) is 63.2 Å². The van der Waals surface area contributed by atoms with Gasteiger partial charge in [-0.2, -0.15) is 17.2 Å². The minimum Gasteiger partial charge on any atom is -0.390 e. The summed E-state index contributed by atoms with van der Waals surface area (Å²) in [6, 6.07) is 13.5. The van der Waals surface area contributed by atoms with Gasteiger partial charge in [0.05, 0.1) is 42.1 Å². The number of nitrogens with zero attached hydrogens (tertiary/aromatic N) is 1. The van der Waals surface area contributed by atoms with E-state index in [1.807, 2.05) is 60.8 Å². The van der Waals surface area contributed by atoms with E-state index in [0.29, 0.717) is 5.70 Å². The summed E-state index contributed by atoms with van der Waals surface area (Å²) in [4.78, 5) is 74.0. The van der Waals surface area contributed by atoms with Crippen LogP contribution in [0.25, 0.3) is 22.5 Å². The Bertz CT molecular complexity index is 2420. The Morgan fingerprint density at radius 1 is 0.721 bits per heavy atom. The number of phosphoric ester groups is 2. The Morgan fingerprint density at radius 3 is 1.77 bits per heavy atom. The fourth-order valence-electron chi connectivity index (χ4n) is 6.10. The number of aryl methyl sites for hydroxylation is 1. The van der Waals surface area contributed by atoms with Gasteiger partial charge in [0.15, 0.2) is 0 Å². The summed E-state index contributed by atoms with van der Waals surface area (Å²) in [5.74, 6) is 0. The molecule has 0 aliphatic carbocycles. The van der Waals surface area contributed by atoms with Gasteiger partial charge in [0.1, 0.15) is 18.4 Å². The SMILES string of the molecule is C=C1c2sccc2C=CN1[C@H]1CC(O)[C@@H](COP(=O)(O)OP(=O)(O)OP(=O)(O)O)O1.Cc1cc2ccccc2cc1[C@H]1CC(O)[C@@H](COP(=O)(O)OP(=O)(O)OP(=O)(O)O)O1. The third-order valence-corrected chi connectivity index (χ3v) is 17.1. The molecule has 6 rings (SSSR count). The van der Waals surface area contributed by atoms with Gasteiger partial charge < -0.3 is 63.7 Å². The van der Waals surface area contributed by atoms with Crippen LogP contribution in [-0.4, -0.2) is 98.1 Å². The van der Waals surface area contributed by atoms with Gasteiger partial charge in [0, 0.05) is 19.0 Å². The second-order valence-corrected chi connectivity index (χ2v) is 22.9. The Labute approximate surface area is 349 Å². The van der Waals surface area contributed by atoms with Crippen molar-refractivity contribution in [3.8, 4) is 0 Å². The first-order valence-electron chi connectivity index (χ1n) is 17.0. The van der Waals surface area contributed by atoms with Crippen LogP contribution in [0.15, 0.2) is 60.6 Å². The third-order valence-electron chi connectivity index (χ3n) is 8.54. The van der Waals surface area contributed by atoms with Crippen molar-refractivity contribution in [3.63, 3.8) is 0 Å². The molecule has 3 aliphatic heterocycles. The van der Waals surface area contributed by atoms with Crippen LogP contribution < -0.4 is 0 Å². The summed E-state index contributed by atoms with van der Waals surface area (Å²) in [6.45, 7) is 4.47. The van der Waals surface area contributed by atoms with Crippen molar-refractivity contribution in [1.82, 2.24) is 4.90 Å². The van der Waals surface area contributed by atoms with Crippen LogP contribution in [0.1, 0.15) is 40.5 Å². The van der Waals surface area contributed by atoms with Gasteiger partial charge in [-0.15, -0.1) is 11.3 Å². The maximum atomic E-state index is 11.8. The van der Waals surface area contributed by atoms with Crippen LogP contribution in [0.2, 0.25) is 0 Å². The van der Waals surface area contributed by atoms with Gasteiger partial charge in [0.25, 0.3) is 0 Å². The summed E-state index contributed by atoms with van der Waals surface area (Å²) >= 11 is 1.48. The first-order chi connectivity index (χ1) is 28.0. The highest BCUT2D eigenvalue weighted by molar-refractivity contribution is 7.67. The molecule has 2 aromatic carbocycles. The first-order valence-corrected chi connectivity index (χ1v) is 26.9. The van der Waals surface area contributed by atoms with Crippen molar-refractivity contribution in [2.24, 2.45) is 0 Å². The standard InChI is InChI=1S/C16H21O12P3.C13H18NO12P3S/c1-10-6-11-4-2-3-5-12(11)7-13(10)15-8-14(17)16(26-15)9-25-30(21,22)28-31(23,24)27-29(18,19)20;1-8-13-9(3-5-30-13)2-4-14(8)12-6-10(15)11(24-12)7-23-28(19,20)26-29(21,22)25-27(16,17)18/h2-7,14-17H,8-9H2,1H3,(H,21,22)(H,23,24)(H2,18,19,20);2-5,10-12,15H,1,6-7H2,(H,19,20)(H,21,22)(H2,16,17,18)/t14?,15-,16-;10?,11-,12-/m11/s1. The van der Waals surface area contributed by atoms with Crippen LogP contribution >= 0.6 is 58.3 Å². The van der Waals surface area contributed by atoms with E-state index in [4.69, 9.17) is 38.8 Å². The molecular weight excluding hydrogens is 964 g/mol. The van der Waals surface area contributed by atoms with Crippen LogP contribution in [0.3, 0.4) is 0 Å². The molecule has 0 bridgehead atoms. The topological polar surface area (TPSA) is 382 Å². The first kappa shape index (κ1) is 50.3. The molecule has 25 nitrogen and oxygen atoms in total. The molecule has 4 heterocycles. The minimum absolute atomic E-state index is 0.106. The molecule has 2 fully saturated rings. The van der Waals surface area contributed by atoms with Crippen LogP contribution in [0, 0.1) is 6.92 Å². The van der Waals surface area contributed by atoms with Gasteiger partial charge in [-0.05, 0) is 58.0 Å². The van der Waals surface area contributed by atoms with Gasteiger partial charge in [-0.1, -0.05) is 36.9 Å². The summed E-state index contributed by atoms with van der Waals surface area (Å²) in [5, 5.41) is 24.4. The zero-order valence-electron chi connectivity index (χ0n) is 31.0. The third kappa shape index (κ3) is 14.7. The average molecular weight is 1000 g/mol. The predicted molar refractivity (Wildman–Crippen MR) is 210 cm³/mol. The minimum atomic E-state index is -5.61. The smallest absolute Gasteiger partial charge is 0.390 e. The van der Waals surface area contributed by atoms with Crippen molar-refractivity contribution in [2.75, 3.05) is 13.2 Å². The molecule has 6 unspecified atom stereocenters. The predicted octanol–water partition coefficient (Wildman–Crippen LogP) is 4.51. The molecule has 32 heteroatoms. The Balaban J connectivity index is 0.000000231. The Morgan fingerprint density at radius 2 is 1.23 bits per heavy atom. The molecule has 0 radical (unpaired) electrons. The highest BCUT2D eigenvalue weighted by Gasteiger charge is 2.45. The van der Waals surface area contributed by atoms with E-state index in [9.17, 15) is 47.4 Å². The normalized spacial score (nSPS) is 27.1. The quantitative estimate of drug-likeness (QED) is 0.0882. The average Bonchev–Trinajstić information content (AvgIpc) is 3.82. The zero-order valence-corrected chi connectivity index (χ0v) is 37.2. The van der Waals surface area contributed by atoms with E-state index < -0.39 is 96.9 Å². The van der Waals surface area contributed by atoms with Gasteiger partial charge in [-0.3, -0.25) is 9.05 Å². The molecule has 0 saturated carbocycles. The number of rotatable bonds is 16. The number of hydrogen-bond acceptors (Lipinski definition) is 18. The van der Waals surface area contributed by atoms with Crippen molar-refractivity contribution in [3.05, 3.63) is 82.2 Å². The van der Waals surface area contributed by atoms with E-state index in [1.54, 1.807) is 11.1 Å². The second-order valence-electron chi connectivity index (χ2n) is 13.1. The number of aliphatic hydroxyl groups excluding tert-OH is 2. The highest BCUT2D eigenvalue weighted by atomic mass is 32.1. The number of hydrogen-bond donors (Lipinski definition) is 10. The Kier molecular flexibility index (Phi) is 16.0. The molecule has 10 atom stereocenters. The summed E-state index contributed by atoms with van der Waals surface area (Å²) < 4.78 is 103. The second kappa shape index (κ2) is 19.4. The van der Waals surface area contributed by atoms with E-state index in [2.05, 4.69) is 32.9 Å². The number of aliphatic hydroxyl groups is 2. The number of thiophene rings is 1. The van der Waals surface area contributed by atoms with E-state index in [-0.39, 0.29) is 12.8 Å². The lowest BCUT2D eigenvalue weighted by Gasteiger charge is -2.31. The van der Waals surface area contributed by atoms with E-state index >= 15 is 0 Å². The van der Waals surface area contributed by atoms with Crippen molar-refractivity contribution >= 4 is 80.8 Å². The molecule has 1 aromatic heterocycles. The molecule has 340 valence electrons. The van der Waals surface area contributed by atoms with Crippen molar-refractivity contribution in [2.45, 2.75) is 56.5 Å². The summed E-state index contributed by atoms with van der Waals surface area (Å²) in [5.41, 5.74) is 3.38. The molecule has 3 aromatic rings. The molecule has 0 amide bonds. The van der Waals surface area contributed by atoms with E-state index in [0.717, 1.165) is 32.3 Å². The summed E-state index contributed by atoms with van der Waals surface area (Å²) in [6.07, 6.45) is -1.72. The fourth-order valence-corrected chi connectivity index (χ4v) is 13.0. The fraction of sp³-hybridized carbons (Fsp3) is 0.379. The van der Waals surface area contributed by atoms with Gasteiger partial charge in [-0.25, -0.2) is 27.4 Å². The van der Waals surface area contributed by atoms with Gasteiger partial charge >= 0.3 is 46.9 Å². The molecule has 2 saturated heterocycles. The molecule has 10 N–H and O–H groups in total. The summed E-state index contributed by atoms with van der Waals surface area (Å²) in [7, 11) is -32.8. The van der Waals surface area contributed by atoms with Crippen LogP contribution in [0.5, 0.6) is 0 Å². The molecule has 61 heavy (non-hydrogen) atoms. The highest BCUT2D eigenvalue weighted by Crippen LogP contribution is 2.67. The van der Waals surface area contributed by atoms with Crippen molar-refractivity contribution in [1.29, 1.82) is 0 Å². The number of fused-ring (bicyclic) bond motifs is 2. The van der Waals surface area contributed by atoms with Crippen molar-refractivity contribution < 1.29 is 113 Å². The Hall–Kier alpha value is -1.66. The zero-order chi connectivity index (χ0) is 45.3. The lowest BCUT2D eigenvalue weighted by Crippen LogP contribution is -2.31.